The average molecular weight is 334 g/mol. The Morgan fingerprint density at radius 3 is 2.70 bits per heavy atom. The summed E-state index contributed by atoms with van der Waals surface area (Å²) in [6.07, 6.45) is 2.89. The van der Waals surface area contributed by atoms with Crippen LogP contribution in [0.1, 0.15) is 25.8 Å². The number of likely N-dealkylation sites (N-methyl/N-ethyl adjacent to an activating group) is 1. The molecule has 1 atom stereocenters. The fourth-order valence-electron chi connectivity index (χ4n) is 2.07. The zero-order chi connectivity index (χ0) is 17.0. The Balaban J connectivity index is 2.28. The van der Waals surface area contributed by atoms with Crippen molar-refractivity contribution in [3.63, 3.8) is 0 Å². The molecule has 2 rings (SSSR count). The largest absolute Gasteiger partial charge is 0.493 e. The molecule has 1 aromatic carbocycles. The third-order valence-corrected chi connectivity index (χ3v) is 4.73. The van der Waals surface area contributed by atoms with Crippen molar-refractivity contribution >= 4 is 28.9 Å². The lowest BCUT2D eigenvalue weighted by Crippen LogP contribution is -2.23. The van der Waals surface area contributed by atoms with Crippen molar-refractivity contribution in [2.24, 2.45) is 4.99 Å². The molecule has 0 spiro atoms. The van der Waals surface area contributed by atoms with E-state index in [9.17, 15) is 4.79 Å². The number of amides is 1. The maximum absolute atomic E-state index is 12.2. The van der Waals surface area contributed by atoms with Crippen molar-refractivity contribution in [3.05, 3.63) is 28.7 Å². The van der Waals surface area contributed by atoms with Gasteiger partial charge in [0.05, 0.1) is 18.1 Å². The summed E-state index contributed by atoms with van der Waals surface area (Å²) < 4.78 is 11.2. The van der Waals surface area contributed by atoms with Gasteiger partial charge in [-0.25, -0.2) is 0 Å². The predicted molar refractivity (Wildman–Crippen MR) is 95.1 cm³/mol. The Kier molecular flexibility index (Phi) is 5.71. The lowest BCUT2D eigenvalue weighted by Gasteiger charge is -2.15. The van der Waals surface area contributed by atoms with Crippen molar-refractivity contribution in [1.29, 1.82) is 0 Å². The number of thioether (sulfide) groups is 1. The Hall–Kier alpha value is -1.95. The molecule has 1 aliphatic heterocycles. The molecule has 1 saturated heterocycles. The lowest BCUT2D eigenvalue weighted by atomic mass is 10.1. The van der Waals surface area contributed by atoms with E-state index < -0.39 is 0 Å². The van der Waals surface area contributed by atoms with Gasteiger partial charge in [0.25, 0.3) is 5.91 Å². The number of benzene rings is 1. The first-order valence-electron chi connectivity index (χ1n) is 7.49. The van der Waals surface area contributed by atoms with E-state index in [1.54, 1.807) is 26.1 Å². The van der Waals surface area contributed by atoms with Crippen LogP contribution in [0.15, 0.2) is 28.1 Å². The van der Waals surface area contributed by atoms with Crippen LogP contribution < -0.4 is 9.47 Å². The molecular formula is C17H22N2O3S. The van der Waals surface area contributed by atoms with Crippen molar-refractivity contribution in [1.82, 2.24) is 4.90 Å². The van der Waals surface area contributed by atoms with Crippen LogP contribution in [0.5, 0.6) is 11.5 Å². The summed E-state index contributed by atoms with van der Waals surface area (Å²) in [5, 5.41) is 0.699. The fraction of sp³-hybridized carbons (Fsp3) is 0.412. The Morgan fingerprint density at radius 1 is 1.39 bits per heavy atom. The van der Waals surface area contributed by atoms with Gasteiger partial charge in [0.2, 0.25) is 0 Å². The molecule has 6 heteroatoms. The number of hydrogen-bond donors (Lipinski definition) is 0. The van der Waals surface area contributed by atoms with E-state index in [4.69, 9.17) is 9.47 Å². The molecule has 5 nitrogen and oxygen atoms in total. The zero-order valence-corrected chi connectivity index (χ0v) is 14.9. The lowest BCUT2D eigenvalue weighted by molar-refractivity contribution is -0.121. The third kappa shape index (κ3) is 3.88. The molecule has 1 aromatic rings. The molecule has 0 unspecified atom stereocenters. The highest BCUT2D eigenvalue weighted by Gasteiger charge is 2.29. The summed E-state index contributed by atoms with van der Waals surface area (Å²) in [7, 11) is 5.02. The first-order valence-corrected chi connectivity index (χ1v) is 8.30. The minimum atomic E-state index is -0.0468. The first kappa shape index (κ1) is 17.4. The molecule has 1 amide bonds. The van der Waals surface area contributed by atoms with Crippen LogP contribution in [0, 0.1) is 0 Å². The molecule has 124 valence electrons. The summed E-state index contributed by atoms with van der Waals surface area (Å²) in [5.74, 6) is 1.32. The van der Waals surface area contributed by atoms with Gasteiger partial charge in [-0.15, -0.1) is 0 Å². The van der Waals surface area contributed by atoms with Gasteiger partial charge in [-0.05, 0) is 48.9 Å². The number of nitrogens with zero attached hydrogens (tertiary/aromatic N) is 2. The predicted octanol–water partition coefficient (Wildman–Crippen LogP) is 3.40. The number of carbonyl (C=O) groups is 1. The number of aliphatic imine (C=N–C) groups is 1. The highest BCUT2D eigenvalue weighted by molar-refractivity contribution is 8.18. The van der Waals surface area contributed by atoms with E-state index in [0.29, 0.717) is 21.6 Å². The molecule has 1 aliphatic rings. The number of ether oxygens (including phenoxy) is 2. The van der Waals surface area contributed by atoms with E-state index in [2.05, 4.69) is 11.9 Å². The monoisotopic (exact) mass is 334 g/mol. The van der Waals surface area contributed by atoms with Crippen molar-refractivity contribution in [3.8, 4) is 11.5 Å². The van der Waals surface area contributed by atoms with Gasteiger partial charge in [-0.3, -0.25) is 14.7 Å². The standard InChI is InChI=1S/C17H22N2O3S/c1-6-11(2)22-13-8-7-12(9-14(13)21-5)10-15-16(20)19(4)17(18-3)23-15/h7-11H,6H2,1-5H3/b15-10+,18-17?/t11-/m0/s1. The van der Waals surface area contributed by atoms with E-state index in [-0.39, 0.29) is 12.0 Å². The van der Waals surface area contributed by atoms with Gasteiger partial charge in [0, 0.05) is 14.1 Å². The minimum absolute atomic E-state index is 0.0468. The molecule has 0 N–H and O–H groups in total. The molecule has 1 fully saturated rings. The Labute approximate surface area is 141 Å². The highest BCUT2D eigenvalue weighted by Crippen LogP contribution is 2.34. The maximum atomic E-state index is 12.2. The summed E-state index contributed by atoms with van der Waals surface area (Å²) in [6.45, 7) is 4.09. The second kappa shape index (κ2) is 7.55. The van der Waals surface area contributed by atoms with E-state index in [0.717, 1.165) is 12.0 Å². The molecule has 0 aromatic heterocycles. The second-order valence-corrected chi connectivity index (χ2v) is 6.24. The summed E-state index contributed by atoms with van der Waals surface area (Å²) in [6, 6.07) is 5.67. The molecular weight excluding hydrogens is 312 g/mol. The minimum Gasteiger partial charge on any atom is -0.493 e. The van der Waals surface area contributed by atoms with E-state index in [1.165, 1.54) is 11.8 Å². The number of methoxy groups -OCH3 is 1. The SMILES string of the molecule is CC[C@H](C)Oc1ccc(/C=C2/SC(=NC)N(C)C2=O)cc1OC. The van der Waals surface area contributed by atoms with E-state index >= 15 is 0 Å². The van der Waals surface area contributed by atoms with Crippen molar-refractivity contribution < 1.29 is 14.3 Å². The second-order valence-electron chi connectivity index (χ2n) is 5.23. The summed E-state index contributed by atoms with van der Waals surface area (Å²) in [4.78, 5) is 18.5. The number of amidine groups is 1. The zero-order valence-electron chi connectivity index (χ0n) is 14.1. The van der Waals surface area contributed by atoms with Gasteiger partial charge in [-0.1, -0.05) is 13.0 Å². The van der Waals surface area contributed by atoms with Crippen LogP contribution in [-0.2, 0) is 4.79 Å². The van der Waals surface area contributed by atoms with Gasteiger partial charge in [0.15, 0.2) is 16.7 Å². The Bertz CT molecular complexity index is 655. The fourth-order valence-corrected chi connectivity index (χ4v) is 3.00. The number of rotatable bonds is 5. The van der Waals surface area contributed by atoms with Gasteiger partial charge >= 0.3 is 0 Å². The highest BCUT2D eigenvalue weighted by atomic mass is 32.2. The van der Waals surface area contributed by atoms with Crippen LogP contribution in [0.25, 0.3) is 6.08 Å². The van der Waals surface area contributed by atoms with E-state index in [1.807, 2.05) is 31.2 Å². The van der Waals surface area contributed by atoms with Gasteiger partial charge in [-0.2, -0.15) is 0 Å². The summed E-state index contributed by atoms with van der Waals surface area (Å²) >= 11 is 1.37. The van der Waals surface area contributed by atoms with Crippen LogP contribution in [0.2, 0.25) is 0 Å². The number of carbonyl (C=O) groups excluding carboxylic acids is 1. The van der Waals surface area contributed by atoms with Crippen LogP contribution in [0.3, 0.4) is 0 Å². The van der Waals surface area contributed by atoms with Crippen LogP contribution in [-0.4, -0.2) is 43.3 Å². The maximum Gasteiger partial charge on any atom is 0.266 e. The molecule has 23 heavy (non-hydrogen) atoms. The summed E-state index contributed by atoms with van der Waals surface area (Å²) in [5.41, 5.74) is 0.889. The average Bonchev–Trinajstić information content (AvgIpc) is 2.83. The van der Waals surface area contributed by atoms with Crippen molar-refractivity contribution in [2.45, 2.75) is 26.4 Å². The topological polar surface area (TPSA) is 51.1 Å². The molecule has 0 radical (unpaired) electrons. The van der Waals surface area contributed by atoms with Crippen molar-refractivity contribution in [2.75, 3.05) is 21.2 Å². The number of hydrogen-bond acceptors (Lipinski definition) is 5. The molecule has 1 heterocycles. The first-order chi connectivity index (χ1) is 11.0. The molecule has 0 bridgehead atoms. The molecule has 0 aliphatic carbocycles. The molecule has 0 saturated carbocycles. The smallest absolute Gasteiger partial charge is 0.266 e. The van der Waals surface area contributed by atoms with Crippen LogP contribution in [0.4, 0.5) is 0 Å². The quantitative estimate of drug-likeness (QED) is 0.775. The van der Waals surface area contributed by atoms with Crippen LogP contribution >= 0.6 is 11.8 Å². The van der Waals surface area contributed by atoms with Gasteiger partial charge in [0.1, 0.15) is 0 Å². The third-order valence-electron chi connectivity index (χ3n) is 3.58. The normalized spacial score (nSPS) is 19.5. The Morgan fingerprint density at radius 2 is 2.13 bits per heavy atom. The van der Waals surface area contributed by atoms with Gasteiger partial charge < -0.3 is 9.47 Å².